The van der Waals surface area contributed by atoms with E-state index in [1.165, 1.54) is 34.5 Å². The van der Waals surface area contributed by atoms with Crippen LogP contribution in [0.15, 0.2) is 52.7 Å². The van der Waals surface area contributed by atoms with Crippen LogP contribution in [-0.2, 0) is 22.6 Å². The number of amides is 1. The van der Waals surface area contributed by atoms with Crippen LogP contribution in [0, 0.1) is 0 Å². The SMILES string of the molecule is NCc1ccccc1CC(=S)NC1C(=O)N2C(C(=O)O)=C(CSc3ccc(O)nn3)CS[C@@H]12. The Kier molecular flexibility index (Phi) is 7.17. The van der Waals surface area contributed by atoms with Crippen molar-refractivity contribution in [3.8, 4) is 5.88 Å². The second-order valence-electron chi connectivity index (χ2n) is 7.38. The Balaban J connectivity index is 1.43. The molecule has 1 aromatic carbocycles. The van der Waals surface area contributed by atoms with Crippen molar-refractivity contribution < 1.29 is 19.8 Å². The normalized spacial score (nSPS) is 19.7. The van der Waals surface area contributed by atoms with Gasteiger partial charge in [0, 0.05) is 30.5 Å². The van der Waals surface area contributed by atoms with Crippen LogP contribution in [0.1, 0.15) is 11.1 Å². The van der Waals surface area contributed by atoms with Crippen LogP contribution in [0.3, 0.4) is 0 Å². The Morgan fingerprint density at radius 1 is 1.27 bits per heavy atom. The third-order valence-electron chi connectivity index (χ3n) is 5.28. The summed E-state index contributed by atoms with van der Waals surface area (Å²) in [5.74, 6) is -0.827. The van der Waals surface area contributed by atoms with Crippen molar-refractivity contribution in [1.29, 1.82) is 0 Å². The van der Waals surface area contributed by atoms with Crippen LogP contribution in [0.4, 0.5) is 0 Å². The summed E-state index contributed by atoms with van der Waals surface area (Å²) in [6.07, 6.45) is 0.459. The molecule has 0 saturated carbocycles. The van der Waals surface area contributed by atoms with Gasteiger partial charge >= 0.3 is 5.97 Å². The predicted octanol–water partition coefficient (Wildman–Crippen LogP) is 1.52. The largest absolute Gasteiger partial charge is 0.492 e. The van der Waals surface area contributed by atoms with Gasteiger partial charge in [0.05, 0.1) is 4.99 Å². The first-order valence-electron chi connectivity index (χ1n) is 10.0. The lowest BCUT2D eigenvalue weighted by Gasteiger charge is -2.49. The number of aromatic hydroxyl groups is 1. The molecular weight excluding hydrogens is 482 g/mol. The van der Waals surface area contributed by atoms with E-state index in [1.807, 2.05) is 24.3 Å². The molecule has 2 aromatic rings. The fourth-order valence-electron chi connectivity index (χ4n) is 3.67. The maximum atomic E-state index is 12.9. The summed E-state index contributed by atoms with van der Waals surface area (Å²) in [7, 11) is 0. The molecule has 0 aliphatic carbocycles. The standard InChI is InChI=1S/C21H21N5O4S3/c22-8-12-4-2-1-3-11(12)7-15(31)23-17-19(28)26-18(21(29)30)13(10-33-20(17)26)9-32-16-6-5-14(27)24-25-16/h1-6,17,20H,7-10,22H2,(H,23,31)(H,24,27)(H,29,30)/t17?,20-/m0/s1. The van der Waals surface area contributed by atoms with Gasteiger partial charge in [-0.25, -0.2) is 4.79 Å². The molecule has 2 atom stereocenters. The second-order valence-corrected chi connectivity index (χ2v) is 9.97. The summed E-state index contributed by atoms with van der Waals surface area (Å²) < 4.78 is 0. The quantitative estimate of drug-likeness (QED) is 0.237. The van der Waals surface area contributed by atoms with Gasteiger partial charge in [-0.2, -0.15) is 0 Å². The molecule has 3 heterocycles. The maximum Gasteiger partial charge on any atom is 0.352 e. The molecule has 4 rings (SSSR count). The number of carboxylic acids is 1. The lowest BCUT2D eigenvalue weighted by atomic mass is 10.0. The number of fused-ring (bicyclic) bond motifs is 1. The molecule has 0 radical (unpaired) electrons. The van der Waals surface area contributed by atoms with Gasteiger partial charge in [-0.05, 0) is 22.8 Å². The van der Waals surface area contributed by atoms with E-state index in [4.69, 9.17) is 18.0 Å². The van der Waals surface area contributed by atoms with Gasteiger partial charge in [-0.3, -0.25) is 9.69 Å². The van der Waals surface area contributed by atoms with Crippen LogP contribution in [0.2, 0.25) is 0 Å². The number of benzene rings is 1. The number of hydrogen-bond donors (Lipinski definition) is 4. The van der Waals surface area contributed by atoms with E-state index in [0.717, 1.165) is 11.1 Å². The monoisotopic (exact) mass is 503 g/mol. The smallest absolute Gasteiger partial charge is 0.352 e. The molecule has 1 fully saturated rings. The third-order valence-corrected chi connectivity index (χ3v) is 7.88. The summed E-state index contributed by atoms with van der Waals surface area (Å²) in [6, 6.07) is 10.2. The van der Waals surface area contributed by atoms with Crippen LogP contribution < -0.4 is 11.1 Å². The number of aliphatic carboxylic acids is 1. The van der Waals surface area contributed by atoms with Gasteiger partial charge < -0.3 is 21.3 Å². The maximum absolute atomic E-state index is 12.9. The van der Waals surface area contributed by atoms with Gasteiger partial charge in [0.25, 0.3) is 5.91 Å². The number of rotatable bonds is 8. The first kappa shape index (κ1) is 23.5. The third kappa shape index (κ3) is 4.98. The summed E-state index contributed by atoms with van der Waals surface area (Å²) in [5, 5.41) is 29.8. The number of nitrogens with zero attached hydrogens (tertiary/aromatic N) is 3. The summed E-state index contributed by atoms with van der Waals surface area (Å²) in [5.41, 5.74) is 8.43. The molecule has 1 unspecified atom stereocenters. The average molecular weight is 504 g/mol. The van der Waals surface area contributed by atoms with Crippen molar-refractivity contribution in [2.75, 3.05) is 11.5 Å². The minimum absolute atomic E-state index is 0.0143. The molecule has 33 heavy (non-hydrogen) atoms. The van der Waals surface area contributed by atoms with Crippen LogP contribution in [-0.4, -0.2) is 65.1 Å². The molecule has 9 nitrogen and oxygen atoms in total. The summed E-state index contributed by atoms with van der Waals surface area (Å²) in [4.78, 5) is 26.8. The van der Waals surface area contributed by atoms with Gasteiger partial charge in [-0.15, -0.1) is 33.7 Å². The van der Waals surface area contributed by atoms with Crippen molar-refractivity contribution in [2.24, 2.45) is 5.73 Å². The van der Waals surface area contributed by atoms with E-state index < -0.39 is 12.0 Å². The fraction of sp³-hybridized carbons (Fsp3) is 0.286. The highest BCUT2D eigenvalue weighted by Crippen LogP contribution is 2.41. The van der Waals surface area contributed by atoms with Gasteiger partial charge in [0.2, 0.25) is 5.88 Å². The first-order chi connectivity index (χ1) is 15.9. The van der Waals surface area contributed by atoms with Gasteiger partial charge in [0.1, 0.15) is 22.1 Å². The van der Waals surface area contributed by atoms with Crippen molar-refractivity contribution in [2.45, 2.75) is 29.4 Å². The topological polar surface area (TPSA) is 142 Å². The lowest BCUT2D eigenvalue weighted by molar-refractivity contribution is -0.148. The number of nitrogens with two attached hydrogens (primary N) is 1. The molecule has 2 aliphatic rings. The molecule has 172 valence electrons. The molecule has 1 saturated heterocycles. The highest BCUT2D eigenvalue weighted by atomic mass is 32.2. The molecule has 1 amide bonds. The van der Waals surface area contributed by atoms with Crippen molar-refractivity contribution in [3.63, 3.8) is 0 Å². The van der Waals surface area contributed by atoms with Crippen LogP contribution in [0.5, 0.6) is 5.88 Å². The van der Waals surface area contributed by atoms with Crippen molar-refractivity contribution in [3.05, 3.63) is 58.8 Å². The van der Waals surface area contributed by atoms with E-state index >= 15 is 0 Å². The molecule has 0 bridgehead atoms. The number of carboxylic acid groups (broad SMARTS) is 1. The number of thiocarbonyl (C=S) groups is 1. The zero-order chi connectivity index (χ0) is 23.5. The van der Waals surface area contributed by atoms with Crippen molar-refractivity contribution >= 4 is 52.6 Å². The number of carbonyl (C=O) groups is 2. The first-order valence-corrected chi connectivity index (χ1v) is 12.4. The van der Waals surface area contributed by atoms with E-state index in [-0.39, 0.29) is 22.9 Å². The van der Waals surface area contributed by atoms with E-state index in [2.05, 4.69) is 15.5 Å². The zero-order valence-corrected chi connectivity index (χ0v) is 19.8. The number of thioether (sulfide) groups is 2. The van der Waals surface area contributed by atoms with E-state index in [1.54, 1.807) is 6.07 Å². The minimum atomic E-state index is -1.14. The van der Waals surface area contributed by atoms with Crippen LogP contribution in [0.25, 0.3) is 0 Å². The van der Waals surface area contributed by atoms with E-state index in [0.29, 0.717) is 40.1 Å². The van der Waals surface area contributed by atoms with Gasteiger partial charge in [0.15, 0.2) is 0 Å². The number of β-lactam (4-membered cyclic amide) rings is 1. The lowest BCUT2D eigenvalue weighted by Crippen LogP contribution is -2.70. The second kappa shape index (κ2) is 10.1. The molecule has 5 N–H and O–H groups in total. The number of nitrogens with one attached hydrogen (secondary N) is 1. The average Bonchev–Trinajstić information content (AvgIpc) is 2.81. The Morgan fingerprint density at radius 3 is 2.70 bits per heavy atom. The zero-order valence-electron chi connectivity index (χ0n) is 17.3. The van der Waals surface area contributed by atoms with Gasteiger partial charge in [-0.1, -0.05) is 36.5 Å². The highest BCUT2D eigenvalue weighted by Gasteiger charge is 2.53. The molecule has 1 aromatic heterocycles. The summed E-state index contributed by atoms with van der Waals surface area (Å²) in [6.45, 7) is 0.399. The molecule has 12 heteroatoms. The van der Waals surface area contributed by atoms with Crippen LogP contribution >= 0.6 is 35.7 Å². The Labute approximate surface area is 203 Å². The fourth-order valence-corrected chi connectivity index (χ4v) is 6.25. The number of carbonyl (C=O) groups excluding carboxylic acids is 1. The summed E-state index contributed by atoms with van der Waals surface area (Å²) >= 11 is 8.28. The molecular formula is C21H21N5O4S3. The molecule has 2 aliphatic heterocycles. The predicted molar refractivity (Wildman–Crippen MR) is 130 cm³/mol. The Bertz CT molecular complexity index is 1130. The highest BCUT2D eigenvalue weighted by molar-refractivity contribution is 8.01. The Hall–Kier alpha value is -2.67. The van der Waals surface area contributed by atoms with Crippen molar-refractivity contribution in [1.82, 2.24) is 20.4 Å². The van der Waals surface area contributed by atoms with E-state index in [9.17, 15) is 19.8 Å². The molecule has 0 spiro atoms. The number of hydrogen-bond acceptors (Lipinski definition) is 9. The number of aromatic nitrogens is 2. The minimum Gasteiger partial charge on any atom is -0.492 e. The Morgan fingerprint density at radius 2 is 2.03 bits per heavy atom.